The van der Waals surface area contributed by atoms with Crippen molar-refractivity contribution < 1.29 is 0 Å². The van der Waals surface area contributed by atoms with Crippen molar-refractivity contribution in [3.05, 3.63) is 65.0 Å². The maximum atomic E-state index is 6.01. The summed E-state index contributed by atoms with van der Waals surface area (Å²) < 4.78 is 4.59. The lowest BCUT2D eigenvalue weighted by molar-refractivity contribution is 0.586. The Morgan fingerprint density at radius 1 is 1.00 bits per heavy atom. The summed E-state index contributed by atoms with van der Waals surface area (Å²) >= 11 is 5.27. The van der Waals surface area contributed by atoms with Gasteiger partial charge in [-0.1, -0.05) is 37.8 Å². The molecule has 4 nitrogen and oxygen atoms in total. The number of halogens is 1. The molecule has 0 unspecified atom stereocenters. The molecular formula is C21H29BrN4S. The average molecular weight is 449 g/mol. The maximum absolute atomic E-state index is 6.01. The van der Waals surface area contributed by atoms with Gasteiger partial charge in [-0.05, 0) is 65.0 Å². The van der Waals surface area contributed by atoms with Gasteiger partial charge >= 0.3 is 0 Å². The molecule has 0 fully saturated rings. The molecule has 1 heterocycles. The molecule has 6 heteroatoms. The lowest BCUT2D eigenvalue weighted by atomic mass is 10.1. The Bertz CT molecular complexity index is 679. The van der Waals surface area contributed by atoms with Gasteiger partial charge in [0.15, 0.2) is 0 Å². The van der Waals surface area contributed by atoms with Crippen LogP contribution in [0.15, 0.2) is 64.4 Å². The van der Waals surface area contributed by atoms with E-state index >= 15 is 0 Å². The number of nitrogens with one attached hydrogen (secondary N) is 2. The van der Waals surface area contributed by atoms with E-state index in [-0.39, 0.29) is 0 Å². The minimum Gasteiger partial charge on any atom is -0.397 e. The number of aromatic nitrogens is 1. The van der Waals surface area contributed by atoms with Gasteiger partial charge in [0.1, 0.15) is 0 Å². The highest BCUT2D eigenvalue weighted by molar-refractivity contribution is 9.10. The van der Waals surface area contributed by atoms with Gasteiger partial charge in [-0.25, -0.2) is 0 Å². The topological polar surface area (TPSA) is 63.0 Å². The average Bonchev–Trinajstić information content (AvgIpc) is 2.70. The van der Waals surface area contributed by atoms with E-state index < -0.39 is 0 Å². The molecule has 0 radical (unpaired) electrons. The van der Waals surface area contributed by atoms with Crippen molar-refractivity contribution in [1.29, 1.82) is 0 Å². The minimum absolute atomic E-state index is 0.732. The maximum Gasteiger partial charge on any atom is 0.0562 e. The molecule has 0 amide bonds. The summed E-state index contributed by atoms with van der Waals surface area (Å²) in [6.07, 6.45) is 12.9. The lowest BCUT2D eigenvalue weighted by Crippen LogP contribution is -2.10. The second-order valence-electron chi connectivity index (χ2n) is 6.34. The van der Waals surface area contributed by atoms with Gasteiger partial charge in [-0.15, -0.1) is 0 Å². The number of hydrogen-bond acceptors (Lipinski definition) is 5. The number of pyridine rings is 1. The van der Waals surface area contributed by atoms with Crippen molar-refractivity contribution >= 4 is 33.6 Å². The first-order chi connectivity index (χ1) is 13.3. The van der Waals surface area contributed by atoms with Crippen molar-refractivity contribution in [3.8, 4) is 0 Å². The van der Waals surface area contributed by atoms with Crippen LogP contribution in [0.25, 0.3) is 5.70 Å². The molecule has 2 aromatic rings. The normalized spacial score (nSPS) is 11.5. The van der Waals surface area contributed by atoms with E-state index in [1.165, 1.54) is 43.4 Å². The highest BCUT2D eigenvalue weighted by atomic mass is 79.9. The van der Waals surface area contributed by atoms with Gasteiger partial charge in [-0.2, -0.15) is 0 Å². The van der Waals surface area contributed by atoms with Crippen LogP contribution in [-0.2, 0) is 0 Å². The summed E-state index contributed by atoms with van der Waals surface area (Å²) in [6, 6.07) is 12.1. The first kappa shape index (κ1) is 21.8. The zero-order chi connectivity index (χ0) is 19.2. The van der Waals surface area contributed by atoms with Gasteiger partial charge in [0.2, 0.25) is 0 Å². The van der Waals surface area contributed by atoms with Gasteiger partial charge < -0.3 is 11.1 Å². The predicted octanol–water partition coefficient (Wildman–Crippen LogP) is 5.33. The molecule has 2 rings (SSSR count). The highest BCUT2D eigenvalue weighted by Crippen LogP contribution is 2.24. The molecule has 0 spiro atoms. The monoisotopic (exact) mass is 448 g/mol. The zero-order valence-corrected chi connectivity index (χ0v) is 18.1. The Kier molecular flexibility index (Phi) is 11.0. The van der Waals surface area contributed by atoms with Crippen molar-refractivity contribution in [2.24, 2.45) is 5.73 Å². The van der Waals surface area contributed by atoms with Crippen LogP contribution in [0.3, 0.4) is 0 Å². The fourth-order valence-electron chi connectivity index (χ4n) is 2.59. The van der Waals surface area contributed by atoms with Crippen LogP contribution in [-0.4, -0.2) is 18.1 Å². The van der Waals surface area contributed by atoms with Crippen LogP contribution in [0.4, 0.5) is 0 Å². The number of unbranched alkanes of at least 4 members (excludes halogenated alkanes) is 5. The van der Waals surface area contributed by atoms with Crippen LogP contribution in [0.2, 0.25) is 0 Å². The van der Waals surface area contributed by atoms with Gasteiger partial charge in [-0.3, -0.25) is 9.71 Å². The van der Waals surface area contributed by atoms with E-state index in [9.17, 15) is 0 Å². The Labute approximate surface area is 175 Å². The quantitative estimate of drug-likeness (QED) is 0.285. The number of rotatable bonds is 13. The first-order valence-corrected chi connectivity index (χ1v) is 11.1. The van der Waals surface area contributed by atoms with Crippen molar-refractivity contribution in [2.45, 2.75) is 43.4 Å². The molecule has 146 valence electrons. The third-order valence-corrected chi connectivity index (χ3v) is 6.00. The Balaban J connectivity index is 1.40. The molecule has 0 saturated carbocycles. The standard InChI is InChI=1S/C21H29BrN4S/c22-19-11-5-6-12-21(19)27-26-15-8-4-2-1-3-7-13-25-17-20(23)18-10-9-14-24-16-18/h5-6,9-12,14,16-17,25-26H,1-4,7-8,13,15,23H2/b20-17-. The van der Waals surface area contributed by atoms with Gasteiger partial charge in [0.25, 0.3) is 0 Å². The predicted molar refractivity (Wildman–Crippen MR) is 120 cm³/mol. The Morgan fingerprint density at radius 2 is 1.74 bits per heavy atom. The van der Waals surface area contributed by atoms with Crippen LogP contribution in [0, 0.1) is 0 Å². The Hall–Kier alpha value is -1.50. The Morgan fingerprint density at radius 3 is 2.48 bits per heavy atom. The van der Waals surface area contributed by atoms with E-state index in [1.807, 2.05) is 24.4 Å². The van der Waals surface area contributed by atoms with Crippen molar-refractivity contribution in [3.63, 3.8) is 0 Å². The van der Waals surface area contributed by atoms with E-state index in [1.54, 1.807) is 24.3 Å². The number of nitrogens with two attached hydrogens (primary N) is 1. The molecular weight excluding hydrogens is 420 g/mol. The van der Waals surface area contributed by atoms with E-state index in [4.69, 9.17) is 5.73 Å². The van der Waals surface area contributed by atoms with Crippen LogP contribution >= 0.6 is 27.9 Å². The summed E-state index contributed by atoms with van der Waals surface area (Å²) in [7, 11) is 0. The molecule has 0 aliphatic rings. The number of benzene rings is 1. The molecule has 27 heavy (non-hydrogen) atoms. The fourth-order valence-corrected chi connectivity index (χ4v) is 3.83. The first-order valence-electron chi connectivity index (χ1n) is 9.51. The summed E-state index contributed by atoms with van der Waals surface area (Å²) in [5.41, 5.74) is 7.70. The van der Waals surface area contributed by atoms with E-state index in [2.05, 4.69) is 49.2 Å². The largest absolute Gasteiger partial charge is 0.397 e. The fraction of sp³-hybridized carbons (Fsp3) is 0.381. The SMILES string of the molecule is N/C(=C\NCCCCCCCCNSc1ccccc1Br)c1cccnc1. The molecule has 0 aliphatic heterocycles. The number of nitrogens with zero attached hydrogens (tertiary/aromatic N) is 1. The van der Waals surface area contributed by atoms with Gasteiger partial charge in [0, 0.05) is 46.6 Å². The van der Waals surface area contributed by atoms with Gasteiger partial charge in [0.05, 0.1) is 5.70 Å². The van der Waals surface area contributed by atoms with Crippen LogP contribution < -0.4 is 15.8 Å². The van der Waals surface area contributed by atoms with E-state index in [0.29, 0.717) is 0 Å². The second-order valence-corrected chi connectivity index (χ2v) is 8.13. The molecule has 1 aromatic heterocycles. The van der Waals surface area contributed by atoms with Crippen molar-refractivity contribution in [1.82, 2.24) is 15.0 Å². The third kappa shape index (κ3) is 9.31. The molecule has 0 aliphatic carbocycles. The van der Waals surface area contributed by atoms with E-state index in [0.717, 1.165) is 28.8 Å². The number of hydrogen-bond donors (Lipinski definition) is 3. The molecule has 4 N–H and O–H groups in total. The van der Waals surface area contributed by atoms with Crippen LogP contribution in [0.1, 0.15) is 44.1 Å². The summed E-state index contributed by atoms with van der Waals surface area (Å²) in [4.78, 5) is 5.31. The molecule has 1 aromatic carbocycles. The van der Waals surface area contributed by atoms with Crippen LogP contribution in [0.5, 0.6) is 0 Å². The zero-order valence-electron chi connectivity index (χ0n) is 15.7. The summed E-state index contributed by atoms with van der Waals surface area (Å²) in [5, 5.41) is 3.29. The highest BCUT2D eigenvalue weighted by Gasteiger charge is 1.98. The molecule has 0 saturated heterocycles. The third-order valence-electron chi connectivity index (χ3n) is 4.12. The second kappa shape index (κ2) is 13.6. The smallest absolute Gasteiger partial charge is 0.0562 e. The minimum atomic E-state index is 0.732. The molecule has 0 atom stereocenters. The van der Waals surface area contributed by atoms with Crippen molar-refractivity contribution in [2.75, 3.05) is 13.1 Å². The summed E-state index contributed by atoms with van der Waals surface area (Å²) in [6.45, 7) is 2.01. The lowest BCUT2D eigenvalue weighted by Gasteiger charge is -2.06. The summed E-state index contributed by atoms with van der Waals surface area (Å²) in [5.74, 6) is 0. The molecule has 0 bridgehead atoms.